The van der Waals surface area contributed by atoms with Crippen LogP contribution in [-0.2, 0) is 4.79 Å². The Labute approximate surface area is 234 Å². The fraction of sp³-hybridized carbons (Fsp3) is 0.0541. The van der Waals surface area contributed by atoms with Crippen molar-refractivity contribution < 1.29 is 9.53 Å². The third-order valence-corrected chi connectivity index (χ3v) is 10.1. The molecule has 0 spiro atoms. The van der Waals surface area contributed by atoms with E-state index in [2.05, 4.69) is 133 Å². The summed E-state index contributed by atoms with van der Waals surface area (Å²) in [5.74, 6) is 0.376. The van der Waals surface area contributed by atoms with E-state index >= 15 is 0 Å². The maximum Gasteiger partial charge on any atom is 0.310 e. The van der Waals surface area contributed by atoms with E-state index in [1.807, 2.05) is 6.92 Å². The fourth-order valence-corrected chi connectivity index (χ4v) is 8.26. The SMILES string of the molecule is CCC(=O)Oc1cc2ccc3cccc4ccc(c1-c1ccccc1P(c1ccccc1)c1ccccc1)c2c34. The molecule has 0 aliphatic rings. The molecule has 0 bridgehead atoms. The molecule has 2 nitrogen and oxygen atoms in total. The van der Waals surface area contributed by atoms with E-state index in [9.17, 15) is 4.79 Å². The van der Waals surface area contributed by atoms with Crippen LogP contribution in [0.5, 0.6) is 5.75 Å². The summed E-state index contributed by atoms with van der Waals surface area (Å²) in [5.41, 5.74) is 2.07. The van der Waals surface area contributed by atoms with Gasteiger partial charge in [-0.2, -0.15) is 0 Å². The number of carbonyl (C=O) groups excluding carboxylic acids is 1. The minimum absolute atomic E-state index is 0.236. The topological polar surface area (TPSA) is 26.3 Å². The second kappa shape index (κ2) is 10.2. The number of benzene rings is 7. The lowest BCUT2D eigenvalue weighted by Crippen LogP contribution is -2.22. The number of ether oxygens (including phenoxy) is 1. The van der Waals surface area contributed by atoms with Crippen LogP contribution in [0.1, 0.15) is 13.3 Å². The molecular formula is C37H27O2P. The van der Waals surface area contributed by atoms with E-state index in [0.717, 1.165) is 21.9 Å². The van der Waals surface area contributed by atoms with Gasteiger partial charge in [-0.1, -0.05) is 134 Å². The molecule has 0 aromatic heterocycles. The molecule has 192 valence electrons. The standard InChI is InChI=1S/C37H27O2P/c1-2-34(38)39-32-24-27-21-20-25-12-11-13-26-22-23-31(36(27)35(25)26)37(32)30-18-9-10-19-33(30)40(28-14-5-3-6-15-28)29-16-7-4-8-17-29/h3-24H,2H2,1H3. The van der Waals surface area contributed by atoms with Gasteiger partial charge in [0.1, 0.15) is 5.75 Å². The van der Waals surface area contributed by atoms with Crippen molar-refractivity contribution >= 4 is 62.1 Å². The highest BCUT2D eigenvalue weighted by Gasteiger charge is 2.25. The highest BCUT2D eigenvalue weighted by atomic mass is 31.1. The van der Waals surface area contributed by atoms with Crippen LogP contribution in [0.4, 0.5) is 0 Å². The molecule has 0 N–H and O–H groups in total. The molecule has 0 heterocycles. The molecule has 0 amide bonds. The van der Waals surface area contributed by atoms with Crippen molar-refractivity contribution in [2.45, 2.75) is 13.3 Å². The molecule has 0 unspecified atom stereocenters. The van der Waals surface area contributed by atoms with Crippen LogP contribution in [0.25, 0.3) is 43.4 Å². The van der Waals surface area contributed by atoms with Crippen molar-refractivity contribution in [1.82, 2.24) is 0 Å². The molecular weight excluding hydrogens is 507 g/mol. The summed E-state index contributed by atoms with van der Waals surface area (Å²) in [6, 6.07) is 47.3. The molecule has 0 saturated heterocycles. The molecule has 0 aliphatic carbocycles. The summed E-state index contributed by atoms with van der Waals surface area (Å²) in [5, 5.41) is 10.9. The molecule has 0 atom stereocenters. The Bertz CT molecular complexity index is 1920. The molecule has 7 rings (SSSR count). The van der Waals surface area contributed by atoms with Crippen molar-refractivity contribution in [3.8, 4) is 16.9 Å². The highest BCUT2D eigenvalue weighted by Crippen LogP contribution is 2.46. The molecule has 7 aromatic carbocycles. The average Bonchev–Trinajstić information content (AvgIpc) is 3.01. The van der Waals surface area contributed by atoms with Gasteiger partial charge < -0.3 is 4.74 Å². The number of hydrogen-bond acceptors (Lipinski definition) is 2. The molecule has 3 heteroatoms. The first-order chi connectivity index (χ1) is 19.7. The number of carbonyl (C=O) groups is 1. The third kappa shape index (κ3) is 4.13. The Kier molecular flexibility index (Phi) is 6.27. The van der Waals surface area contributed by atoms with E-state index in [1.54, 1.807) is 0 Å². The second-order valence-electron chi connectivity index (χ2n) is 9.96. The van der Waals surface area contributed by atoms with Gasteiger partial charge >= 0.3 is 5.97 Å². The zero-order valence-electron chi connectivity index (χ0n) is 22.2. The zero-order chi connectivity index (χ0) is 27.1. The molecule has 0 fully saturated rings. The van der Waals surface area contributed by atoms with Crippen LogP contribution < -0.4 is 20.7 Å². The van der Waals surface area contributed by atoms with Gasteiger partial charge in [0.25, 0.3) is 0 Å². The maximum atomic E-state index is 12.8. The van der Waals surface area contributed by atoms with Gasteiger partial charge in [-0.3, -0.25) is 4.79 Å². The van der Waals surface area contributed by atoms with Crippen LogP contribution in [0.3, 0.4) is 0 Å². The Balaban J connectivity index is 1.58. The molecule has 0 aliphatic heterocycles. The van der Waals surface area contributed by atoms with Gasteiger partial charge in [-0.15, -0.1) is 0 Å². The first kappa shape index (κ1) is 24.5. The van der Waals surface area contributed by atoms with Crippen molar-refractivity contribution in [2.24, 2.45) is 0 Å². The first-order valence-electron chi connectivity index (χ1n) is 13.6. The van der Waals surface area contributed by atoms with Gasteiger partial charge in [-0.25, -0.2) is 0 Å². The predicted octanol–water partition coefficient (Wildman–Crippen LogP) is 8.32. The lowest BCUT2D eigenvalue weighted by Gasteiger charge is -2.24. The van der Waals surface area contributed by atoms with Gasteiger partial charge in [0, 0.05) is 12.0 Å². The summed E-state index contributed by atoms with van der Waals surface area (Å²) >= 11 is 0. The molecule has 0 radical (unpaired) electrons. The number of hydrogen-bond donors (Lipinski definition) is 0. The summed E-state index contributed by atoms with van der Waals surface area (Å²) < 4.78 is 6.11. The van der Waals surface area contributed by atoms with Gasteiger partial charge in [0.2, 0.25) is 0 Å². The van der Waals surface area contributed by atoms with Gasteiger partial charge in [0.15, 0.2) is 0 Å². The summed E-state index contributed by atoms with van der Waals surface area (Å²) in [6.45, 7) is 1.84. The Morgan fingerprint density at radius 1 is 0.625 bits per heavy atom. The van der Waals surface area contributed by atoms with Crippen LogP contribution >= 0.6 is 7.92 Å². The van der Waals surface area contributed by atoms with Crippen LogP contribution in [0, 0.1) is 0 Å². The van der Waals surface area contributed by atoms with Crippen molar-refractivity contribution in [2.75, 3.05) is 0 Å². The van der Waals surface area contributed by atoms with Crippen LogP contribution in [0.15, 0.2) is 133 Å². The molecule has 0 saturated carbocycles. The molecule has 7 aromatic rings. The smallest absolute Gasteiger partial charge is 0.310 e. The third-order valence-electron chi connectivity index (χ3n) is 7.57. The van der Waals surface area contributed by atoms with E-state index < -0.39 is 7.92 Å². The van der Waals surface area contributed by atoms with E-state index in [1.165, 1.54) is 37.5 Å². The van der Waals surface area contributed by atoms with Crippen molar-refractivity contribution in [1.29, 1.82) is 0 Å². The second-order valence-corrected chi connectivity index (χ2v) is 12.1. The lowest BCUT2D eigenvalue weighted by atomic mass is 9.89. The summed E-state index contributed by atoms with van der Waals surface area (Å²) in [6.07, 6.45) is 0.312. The maximum absolute atomic E-state index is 12.8. The summed E-state index contributed by atoms with van der Waals surface area (Å²) in [4.78, 5) is 12.8. The van der Waals surface area contributed by atoms with E-state index in [-0.39, 0.29) is 5.97 Å². The normalized spacial score (nSPS) is 11.6. The predicted molar refractivity (Wildman–Crippen MR) is 170 cm³/mol. The van der Waals surface area contributed by atoms with Crippen molar-refractivity contribution in [3.63, 3.8) is 0 Å². The zero-order valence-corrected chi connectivity index (χ0v) is 23.1. The molecule has 40 heavy (non-hydrogen) atoms. The Morgan fingerprint density at radius 2 is 1.23 bits per heavy atom. The van der Waals surface area contributed by atoms with Gasteiger partial charge in [0.05, 0.1) is 0 Å². The largest absolute Gasteiger partial charge is 0.426 e. The lowest BCUT2D eigenvalue weighted by molar-refractivity contribution is -0.133. The van der Waals surface area contributed by atoms with E-state index in [4.69, 9.17) is 4.74 Å². The van der Waals surface area contributed by atoms with Crippen molar-refractivity contribution in [3.05, 3.63) is 133 Å². The van der Waals surface area contributed by atoms with Crippen LogP contribution in [0.2, 0.25) is 0 Å². The highest BCUT2D eigenvalue weighted by molar-refractivity contribution is 7.80. The summed E-state index contributed by atoms with van der Waals surface area (Å²) in [7, 11) is -0.871. The Hall–Kier alpha value is -4.52. The minimum atomic E-state index is -0.871. The average molecular weight is 535 g/mol. The Morgan fingerprint density at radius 3 is 1.90 bits per heavy atom. The first-order valence-corrected chi connectivity index (χ1v) is 15.0. The fourth-order valence-electron chi connectivity index (χ4n) is 5.80. The van der Waals surface area contributed by atoms with Crippen LogP contribution in [-0.4, -0.2) is 5.97 Å². The monoisotopic (exact) mass is 534 g/mol. The van der Waals surface area contributed by atoms with E-state index in [0.29, 0.717) is 12.2 Å². The number of esters is 1. The van der Waals surface area contributed by atoms with Gasteiger partial charge in [-0.05, 0) is 67.8 Å². The quantitative estimate of drug-likeness (QED) is 0.0928. The number of rotatable bonds is 6. The minimum Gasteiger partial charge on any atom is -0.426 e.